The summed E-state index contributed by atoms with van der Waals surface area (Å²) in [5.74, 6) is 0.737. The fraction of sp³-hybridized carbons (Fsp3) is 0.0909. The minimum absolute atomic E-state index is 0.00574. The van der Waals surface area contributed by atoms with E-state index in [0.717, 1.165) is 17.1 Å². The molecule has 0 spiro atoms. The van der Waals surface area contributed by atoms with Gasteiger partial charge in [0.15, 0.2) is 28.7 Å². The van der Waals surface area contributed by atoms with Gasteiger partial charge in [0.1, 0.15) is 0 Å². The molecule has 1 aromatic carbocycles. The molecule has 92 valence electrons. The van der Waals surface area contributed by atoms with Crippen molar-refractivity contribution < 1.29 is 9.63 Å². The van der Waals surface area contributed by atoms with Crippen molar-refractivity contribution >= 4 is 28.7 Å². The van der Waals surface area contributed by atoms with Crippen LogP contribution in [0.1, 0.15) is 11.4 Å². The van der Waals surface area contributed by atoms with E-state index >= 15 is 0 Å². The van der Waals surface area contributed by atoms with Crippen LogP contribution < -0.4 is 10.6 Å². The molecule has 2 aromatic rings. The fourth-order valence-corrected chi connectivity index (χ4v) is 1.65. The Hall–Kier alpha value is -2.28. The van der Waals surface area contributed by atoms with Crippen LogP contribution in [-0.2, 0) is 4.79 Å². The van der Waals surface area contributed by atoms with Crippen molar-refractivity contribution in [1.82, 2.24) is 9.36 Å². The van der Waals surface area contributed by atoms with Crippen LogP contribution >= 0.6 is 11.5 Å². The molecule has 0 saturated heterocycles. The molecule has 18 heavy (non-hydrogen) atoms. The topological polar surface area (TPSA) is 90.5 Å². The quantitative estimate of drug-likeness (QED) is 0.511. The number of rotatable bonds is 4. The standard InChI is InChI=1S/C11H10N4O2S/c1-7-4-2-3-5-9(7)17-14-8(6-16)10-13-11(12)18-15-10/h2-6H,1H3,(H2,12,13,15). The van der Waals surface area contributed by atoms with Crippen molar-refractivity contribution in [3.05, 3.63) is 35.7 Å². The number of hydrogen-bond donors (Lipinski definition) is 1. The number of benzene rings is 1. The average Bonchev–Trinajstić information content (AvgIpc) is 2.79. The van der Waals surface area contributed by atoms with Gasteiger partial charge in [-0.2, -0.15) is 9.36 Å². The highest BCUT2D eigenvalue weighted by atomic mass is 32.1. The molecule has 0 fully saturated rings. The highest BCUT2D eigenvalue weighted by molar-refractivity contribution is 7.09. The van der Waals surface area contributed by atoms with E-state index in [1.807, 2.05) is 25.1 Å². The first-order valence-electron chi connectivity index (χ1n) is 5.06. The van der Waals surface area contributed by atoms with Crippen molar-refractivity contribution in [2.75, 3.05) is 5.73 Å². The van der Waals surface area contributed by atoms with E-state index < -0.39 is 0 Å². The monoisotopic (exact) mass is 262 g/mol. The summed E-state index contributed by atoms with van der Waals surface area (Å²) in [7, 11) is 0. The van der Waals surface area contributed by atoms with Gasteiger partial charge < -0.3 is 10.6 Å². The average molecular weight is 262 g/mol. The number of nitrogens with two attached hydrogens (primary N) is 1. The number of nitrogens with zero attached hydrogens (tertiary/aromatic N) is 3. The smallest absolute Gasteiger partial charge is 0.200 e. The number of carbonyl (C=O) groups excluding carboxylic acids is 1. The molecule has 1 heterocycles. The van der Waals surface area contributed by atoms with Gasteiger partial charge in [-0.3, -0.25) is 4.79 Å². The lowest BCUT2D eigenvalue weighted by Crippen LogP contribution is -2.07. The minimum atomic E-state index is 0.00574. The summed E-state index contributed by atoms with van der Waals surface area (Å²) in [6.07, 6.45) is 0.528. The summed E-state index contributed by atoms with van der Waals surface area (Å²) >= 11 is 0.994. The summed E-state index contributed by atoms with van der Waals surface area (Å²) in [6.45, 7) is 1.88. The second kappa shape index (κ2) is 5.37. The zero-order chi connectivity index (χ0) is 13.0. The van der Waals surface area contributed by atoms with Gasteiger partial charge in [-0.25, -0.2) is 0 Å². The van der Waals surface area contributed by atoms with Crippen molar-refractivity contribution in [3.8, 4) is 5.75 Å². The predicted molar refractivity (Wildman–Crippen MR) is 68.7 cm³/mol. The molecule has 0 aliphatic heterocycles. The Kier molecular flexibility index (Phi) is 3.63. The van der Waals surface area contributed by atoms with Crippen molar-refractivity contribution in [3.63, 3.8) is 0 Å². The van der Waals surface area contributed by atoms with Crippen molar-refractivity contribution in [2.24, 2.45) is 5.16 Å². The van der Waals surface area contributed by atoms with Gasteiger partial charge in [0.05, 0.1) is 0 Å². The summed E-state index contributed by atoms with van der Waals surface area (Å²) < 4.78 is 3.89. The molecule has 0 unspecified atom stereocenters. The fourth-order valence-electron chi connectivity index (χ4n) is 1.21. The molecule has 7 heteroatoms. The number of carbonyl (C=O) groups is 1. The second-order valence-corrected chi connectivity index (χ2v) is 4.19. The van der Waals surface area contributed by atoms with Crippen LogP contribution in [0, 0.1) is 6.92 Å². The van der Waals surface area contributed by atoms with Gasteiger partial charge >= 0.3 is 0 Å². The molecule has 0 saturated carbocycles. The number of aryl methyl sites for hydroxylation is 1. The zero-order valence-corrected chi connectivity index (χ0v) is 10.3. The van der Waals surface area contributed by atoms with Crippen LogP contribution in [-0.4, -0.2) is 21.4 Å². The van der Waals surface area contributed by atoms with Gasteiger partial charge in [-0.15, -0.1) is 0 Å². The van der Waals surface area contributed by atoms with Crippen molar-refractivity contribution in [2.45, 2.75) is 6.92 Å². The Bertz CT molecular complexity index is 594. The van der Waals surface area contributed by atoms with Gasteiger partial charge in [0.25, 0.3) is 0 Å². The SMILES string of the molecule is Cc1ccccc1ON=C(C=O)c1nsc(N)n1. The number of aromatic nitrogens is 2. The third-order valence-electron chi connectivity index (χ3n) is 2.12. The predicted octanol–water partition coefficient (Wildman–Crippen LogP) is 1.41. The van der Waals surface area contributed by atoms with Crippen LogP contribution in [0.2, 0.25) is 0 Å². The van der Waals surface area contributed by atoms with Crippen molar-refractivity contribution in [1.29, 1.82) is 0 Å². The molecule has 2 N–H and O–H groups in total. The Balaban J connectivity index is 2.21. The molecular weight excluding hydrogens is 252 g/mol. The van der Waals surface area contributed by atoms with Crippen LogP contribution in [0.25, 0.3) is 0 Å². The normalized spacial score (nSPS) is 11.3. The van der Waals surface area contributed by atoms with Crippen LogP contribution in [0.5, 0.6) is 5.75 Å². The molecule has 6 nitrogen and oxygen atoms in total. The largest absolute Gasteiger partial charge is 0.374 e. The summed E-state index contributed by atoms with van der Waals surface area (Å²) in [4.78, 5) is 19.9. The first-order chi connectivity index (χ1) is 8.70. The van der Waals surface area contributed by atoms with Crippen LogP contribution in [0.15, 0.2) is 29.4 Å². The lowest BCUT2D eigenvalue weighted by Gasteiger charge is -2.01. The van der Waals surface area contributed by atoms with E-state index in [-0.39, 0.29) is 16.7 Å². The molecule has 0 bridgehead atoms. The molecule has 0 aliphatic rings. The molecule has 2 rings (SSSR count). The zero-order valence-electron chi connectivity index (χ0n) is 9.53. The highest BCUT2D eigenvalue weighted by Crippen LogP contribution is 2.16. The number of nitrogen functional groups attached to an aromatic ring is 1. The van der Waals surface area contributed by atoms with Crippen LogP contribution in [0.4, 0.5) is 5.13 Å². The Morgan fingerprint density at radius 1 is 1.50 bits per heavy atom. The molecular formula is C11H10N4O2S. The number of aldehydes is 1. The Morgan fingerprint density at radius 2 is 2.28 bits per heavy atom. The van der Waals surface area contributed by atoms with Gasteiger partial charge in [0, 0.05) is 11.5 Å². The maximum Gasteiger partial charge on any atom is 0.200 e. The Labute approximate surface area is 107 Å². The van der Waals surface area contributed by atoms with Gasteiger partial charge in [-0.1, -0.05) is 23.4 Å². The number of anilines is 1. The molecule has 0 aliphatic carbocycles. The van der Waals surface area contributed by atoms with E-state index in [2.05, 4.69) is 14.5 Å². The summed E-state index contributed by atoms with van der Waals surface area (Å²) in [5.41, 5.74) is 6.36. The third-order valence-corrected chi connectivity index (χ3v) is 2.66. The van der Waals surface area contributed by atoms with E-state index in [9.17, 15) is 4.79 Å². The molecule has 0 radical (unpaired) electrons. The van der Waals surface area contributed by atoms with Crippen LogP contribution in [0.3, 0.4) is 0 Å². The second-order valence-electron chi connectivity index (χ2n) is 3.41. The lowest BCUT2D eigenvalue weighted by atomic mass is 10.2. The number of para-hydroxylation sites is 1. The summed E-state index contributed by atoms with van der Waals surface area (Å²) in [5, 5.41) is 4.01. The minimum Gasteiger partial charge on any atom is -0.374 e. The summed E-state index contributed by atoms with van der Waals surface area (Å²) in [6, 6.07) is 7.33. The van der Waals surface area contributed by atoms with E-state index in [1.165, 1.54) is 0 Å². The highest BCUT2D eigenvalue weighted by Gasteiger charge is 2.10. The van der Waals surface area contributed by atoms with E-state index in [1.54, 1.807) is 6.07 Å². The Morgan fingerprint density at radius 3 is 2.89 bits per heavy atom. The van der Waals surface area contributed by atoms with E-state index in [0.29, 0.717) is 12.0 Å². The molecule has 1 aromatic heterocycles. The maximum atomic E-state index is 10.9. The first kappa shape index (κ1) is 12.2. The molecule has 0 atom stereocenters. The molecule has 0 amide bonds. The maximum absolute atomic E-state index is 10.9. The number of oxime groups is 1. The lowest BCUT2D eigenvalue weighted by molar-refractivity contribution is -0.102. The van der Waals surface area contributed by atoms with Gasteiger partial charge in [0.2, 0.25) is 0 Å². The third kappa shape index (κ3) is 2.69. The number of hydrogen-bond acceptors (Lipinski definition) is 7. The van der Waals surface area contributed by atoms with E-state index in [4.69, 9.17) is 10.6 Å². The van der Waals surface area contributed by atoms with Gasteiger partial charge in [-0.05, 0) is 18.6 Å². The first-order valence-corrected chi connectivity index (χ1v) is 5.83.